The lowest BCUT2D eigenvalue weighted by Crippen LogP contribution is -2.44. The second kappa shape index (κ2) is 7.16. The van der Waals surface area contributed by atoms with Gasteiger partial charge in [0.2, 0.25) is 11.8 Å². The summed E-state index contributed by atoms with van der Waals surface area (Å²) in [6.07, 6.45) is 4.01. The van der Waals surface area contributed by atoms with Crippen LogP contribution in [0.1, 0.15) is 36.6 Å². The van der Waals surface area contributed by atoms with Crippen molar-refractivity contribution in [2.24, 2.45) is 0 Å². The van der Waals surface area contributed by atoms with Gasteiger partial charge in [0.15, 0.2) is 0 Å². The predicted molar refractivity (Wildman–Crippen MR) is 99.9 cm³/mol. The molecular weight excluding hydrogens is 350 g/mol. The fourth-order valence-electron chi connectivity index (χ4n) is 3.99. The third kappa shape index (κ3) is 3.12. The van der Waals surface area contributed by atoms with Gasteiger partial charge in [0.1, 0.15) is 6.42 Å². The molecule has 5 nitrogen and oxygen atoms in total. The number of carbonyl (C=O) groups is 2. The zero-order valence-corrected chi connectivity index (χ0v) is 15.4. The van der Waals surface area contributed by atoms with Crippen molar-refractivity contribution in [3.8, 4) is 0 Å². The summed E-state index contributed by atoms with van der Waals surface area (Å²) in [6, 6.07) is 11.4. The quantitative estimate of drug-likeness (QED) is 0.778. The van der Waals surface area contributed by atoms with Crippen molar-refractivity contribution < 1.29 is 9.59 Å². The van der Waals surface area contributed by atoms with E-state index in [0.717, 1.165) is 43.7 Å². The minimum absolute atomic E-state index is 0.0636. The van der Waals surface area contributed by atoms with Crippen molar-refractivity contribution in [2.75, 3.05) is 19.6 Å². The zero-order valence-electron chi connectivity index (χ0n) is 14.6. The highest BCUT2D eigenvalue weighted by Crippen LogP contribution is 2.36. The van der Waals surface area contributed by atoms with Gasteiger partial charge in [0.25, 0.3) is 0 Å². The van der Waals surface area contributed by atoms with E-state index in [2.05, 4.69) is 4.57 Å². The van der Waals surface area contributed by atoms with Crippen LogP contribution in [0.2, 0.25) is 5.02 Å². The van der Waals surface area contributed by atoms with Gasteiger partial charge in [0.05, 0.1) is 6.04 Å². The molecule has 2 amide bonds. The van der Waals surface area contributed by atoms with Crippen LogP contribution in [0.3, 0.4) is 0 Å². The summed E-state index contributed by atoms with van der Waals surface area (Å²) in [5, 5.41) is 0.635. The first-order chi connectivity index (χ1) is 12.6. The fourth-order valence-corrected chi connectivity index (χ4v) is 4.22. The molecule has 1 atom stereocenters. The number of hydrogen-bond donors (Lipinski definition) is 0. The first-order valence-electron chi connectivity index (χ1n) is 9.12. The Morgan fingerprint density at radius 3 is 2.50 bits per heavy atom. The van der Waals surface area contributed by atoms with E-state index < -0.39 is 0 Å². The molecule has 0 N–H and O–H groups in total. The van der Waals surface area contributed by atoms with E-state index in [0.29, 0.717) is 11.6 Å². The molecule has 2 aromatic rings. The lowest BCUT2D eigenvalue weighted by molar-refractivity contribution is -0.141. The van der Waals surface area contributed by atoms with Gasteiger partial charge in [0, 0.05) is 43.1 Å². The summed E-state index contributed by atoms with van der Waals surface area (Å²) in [5.74, 6) is -0.189. The molecule has 2 aliphatic rings. The van der Waals surface area contributed by atoms with Crippen molar-refractivity contribution in [2.45, 2.75) is 31.8 Å². The van der Waals surface area contributed by atoms with Crippen molar-refractivity contribution in [1.82, 2.24) is 14.4 Å². The number of rotatable bonds is 3. The van der Waals surface area contributed by atoms with Gasteiger partial charge in [-0.15, -0.1) is 0 Å². The second-order valence-corrected chi connectivity index (χ2v) is 7.31. The maximum absolute atomic E-state index is 13.0. The minimum atomic E-state index is -0.258. The predicted octanol–water partition coefficient (Wildman–Crippen LogP) is 3.09. The van der Waals surface area contributed by atoms with Crippen molar-refractivity contribution in [1.29, 1.82) is 0 Å². The summed E-state index contributed by atoms with van der Waals surface area (Å²) in [6.45, 7) is 2.84. The van der Waals surface area contributed by atoms with Gasteiger partial charge in [-0.25, -0.2) is 0 Å². The number of carbonyl (C=O) groups excluding carboxylic acids is 2. The molecular formula is C20H22ClN3O2. The number of fused-ring (bicyclic) bond motifs is 1. The van der Waals surface area contributed by atoms with Gasteiger partial charge >= 0.3 is 0 Å². The monoisotopic (exact) mass is 371 g/mol. The van der Waals surface area contributed by atoms with Crippen LogP contribution in [0.15, 0.2) is 42.6 Å². The van der Waals surface area contributed by atoms with Gasteiger partial charge in [-0.3, -0.25) is 9.59 Å². The van der Waals surface area contributed by atoms with Crippen molar-refractivity contribution in [3.63, 3.8) is 0 Å². The summed E-state index contributed by atoms with van der Waals surface area (Å²) in [5.41, 5.74) is 1.93. The normalized spacial score (nSPS) is 19.5. The molecule has 1 aromatic heterocycles. The summed E-state index contributed by atoms with van der Waals surface area (Å²) in [7, 11) is 0. The Bertz CT molecular complexity index is 826. The van der Waals surface area contributed by atoms with Crippen LogP contribution < -0.4 is 0 Å². The van der Waals surface area contributed by atoms with Crippen LogP contribution in [0.25, 0.3) is 0 Å². The van der Waals surface area contributed by atoms with E-state index in [9.17, 15) is 9.59 Å². The number of aromatic nitrogens is 1. The highest BCUT2D eigenvalue weighted by molar-refractivity contribution is 6.31. The first-order valence-corrected chi connectivity index (χ1v) is 9.49. The Morgan fingerprint density at radius 2 is 1.73 bits per heavy atom. The number of hydrogen-bond acceptors (Lipinski definition) is 2. The Hall–Kier alpha value is -2.27. The Kier molecular flexibility index (Phi) is 4.72. The van der Waals surface area contributed by atoms with Crippen LogP contribution in [0.4, 0.5) is 0 Å². The highest BCUT2D eigenvalue weighted by Gasteiger charge is 2.34. The maximum Gasteiger partial charge on any atom is 0.232 e. The minimum Gasteiger partial charge on any atom is -0.348 e. The molecule has 0 saturated carbocycles. The number of amides is 2. The SMILES string of the molecule is O=C(CC(=O)N1CCn2cccc2[C@@H]1c1ccccc1Cl)N1CCCC1. The van der Waals surface area contributed by atoms with Gasteiger partial charge in [-0.1, -0.05) is 29.8 Å². The van der Waals surface area contributed by atoms with Gasteiger partial charge in [-0.05, 0) is 36.6 Å². The van der Waals surface area contributed by atoms with Gasteiger partial charge in [-0.2, -0.15) is 0 Å². The fraction of sp³-hybridized carbons (Fsp3) is 0.400. The van der Waals surface area contributed by atoms with Crippen molar-refractivity contribution >= 4 is 23.4 Å². The Balaban J connectivity index is 1.62. The topological polar surface area (TPSA) is 45.6 Å². The maximum atomic E-state index is 13.0. The van der Waals surface area contributed by atoms with Crippen LogP contribution in [0, 0.1) is 0 Å². The Morgan fingerprint density at radius 1 is 0.962 bits per heavy atom. The van der Waals surface area contributed by atoms with Crippen LogP contribution in [0.5, 0.6) is 0 Å². The van der Waals surface area contributed by atoms with Crippen molar-refractivity contribution in [3.05, 3.63) is 58.9 Å². The van der Waals surface area contributed by atoms with E-state index in [4.69, 9.17) is 11.6 Å². The molecule has 3 heterocycles. The molecule has 0 bridgehead atoms. The van der Waals surface area contributed by atoms with E-state index in [1.165, 1.54) is 0 Å². The molecule has 0 unspecified atom stereocenters. The number of halogens is 1. The molecule has 26 heavy (non-hydrogen) atoms. The molecule has 0 aliphatic carbocycles. The number of nitrogens with zero attached hydrogens (tertiary/aromatic N) is 3. The lowest BCUT2D eigenvalue weighted by atomic mass is 9.99. The third-order valence-corrected chi connectivity index (χ3v) is 5.66. The van der Waals surface area contributed by atoms with E-state index in [-0.39, 0.29) is 24.3 Å². The zero-order chi connectivity index (χ0) is 18.1. The molecule has 6 heteroatoms. The van der Waals surface area contributed by atoms with E-state index in [1.807, 2.05) is 47.5 Å². The molecule has 4 rings (SSSR count). The summed E-state index contributed by atoms with van der Waals surface area (Å²) < 4.78 is 2.15. The largest absolute Gasteiger partial charge is 0.348 e. The first kappa shape index (κ1) is 17.2. The van der Waals surface area contributed by atoms with Gasteiger partial charge < -0.3 is 14.4 Å². The number of benzene rings is 1. The molecule has 136 valence electrons. The summed E-state index contributed by atoms with van der Waals surface area (Å²) in [4.78, 5) is 29.1. The lowest BCUT2D eigenvalue weighted by Gasteiger charge is -2.38. The van der Waals surface area contributed by atoms with E-state index in [1.54, 1.807) is 4.90 Å². The molecule has 1 aromatic carbocycles. The number of likely N-dealkylation sites (tertiary alicyclic amines) is 1. The summed E-state index contributed by atoms with van der Waals surface area (Å²) >= 11 is 6.45. The van der Waals surface area contributed by atoms with Crippen LogP contribution >= 0.6 is 11.6 Å². The smallest absolute Gasteiger partial charge is 0.232 e. The van der Waals surface area contributed by atoms with E-state index >= 15 is 0 Å². The highest BCUT2D eigenvalue weighted by atomic mass is 35.5. The molecule has 2 aliphatic heterocycles. The van der Waals surface area contributed by atoms with Crippen LogP contribution in [-0.4, -0.2) is 45.8 Å². The Labute approximate surface area is 158 Å². The molecule has 0 radical (unpaired) electrons. The van der Waals surface area contributed by atoms with Crippen LogP contribution in [-0.2, 0) is 16.1 Å². The average Bonchev–Trinajstić information content (AvgIpc) is 3.33. The average molecular weight is 372 g/mol. The molecule has 1 saturated heterocycles. The molecule has 0 spiro atoms. The standard InChI is InChI=1S/C20H22ClN3O2/c21-16-7-2-1-6-15(16)20-17-8-5-11-22(17)12-13-24(20)19(26)14-18(25)23-9-3-4-10-23/h1-2,5-8,11,20H,3-4,9-10,12-14H2/t20-/m0/s1. The second-order valence-electron chi connectivity index (χ2n) is 6.90. The third-order valence-electron chi connectivity index (χ3n) is 5.32. The molecule has 1 fully saturated rings.